The van der Waals surface area contributed by atoms with Crippen LogP contribution in [0.25, 0.3) is 0 Å². The predicted octanol–water partition coefficient (Wildman–Crippen LogP) is 2.61. The monoisotopic (exact) mass is 343 g/mol. The molecule has 1 N–H and O–H groups in total. The van der Waals surface area contributed by atoms with Gasteiger partial charge in [0.2, 0.25) is 5.89 Å². The van der Waals surface area contributed by atoms with E-state index < -0.39 is 5.97 Å². The van der Waals surface area contributed by atoms with Crippen LogP contribution in [-0.4, -0.2) is 45.4 Å². The van der Waals surface area contributed by atoms with Gasteiger partial charge in [0.15, 0.2) is 5.82 Å². The van der Waals surface area contributed by atoms with E-state index in [1.807, 2.05) is 13.0 Å². The molecule has 4 rings (SSSR count). The fourth-order valence-corrected chi connectivity index (χ4v) is 3.33. The van der Waals surface area contributed by atoms with Gasteiger partial charge >= 0.3 is 5.97 Å². The highest BCUT2D eigenvalue weighted by molar-refractivity contribution is 5.87. The minimum Gasteiger partial charge on any atom is -0.478 e. The van der Waals surface area contributed by atoms with Gasteiger partial charge in [-0.1, -0.05) is 17.3 Å². The first-order chi connectivity index (χ1) is 12.1. The van der Waals surface area contributed by atoms with Crippen molar-refractivity contribution in [2.75, 3.05) is 13.2 Å². The number of morpholine rings is 1. The Morgan fingerprint density at radius 2 is 2.24 bits per heavy atom. The molecule has 2 fully saturated rings. The summed E-state index contributed by atoms with van der Waals surface area (Å²) in [6, 6.07) is 6.90. The Hall–Kier alpha value is -2.25. The molecule has 1 aromatic carbocycles. The molecule has 1 aromatic heterocycles. The van der Waals surface area contributed by atoms with Crippen molar-refractivity contribution in [3.63, 3.8) is 0 Å². The van der Waals surface area contributed by atoms with Gasteiger partial charge in [-0.05, 0) is 37.5 Å². The van der Waals surface area contributed by atoms with Crippen LogP contribution in [0.5, 0.6) is 0 Å². The van der Waals surface area contributed by atoms with Crippen LogP contribution in [0.4, 0.5) is 0 Å². The van der Waals surface area contributed by atoms with E-state index in [0.717, 1.165) is 30.8 Å². The summed E-state index contributed by atoms with van der Waals surface area (Å²) >= 11 is 0. The lowest BCUT2D eigenvalue weighted by Crippen LogP contribution is -2.43. The highest BCUT2D eigenvalue weighted by atomic mass is 16.5. The first-order valence-corrected chi connectivity index (χ1v) is 8.63. The van der Waals surface area contributed by atoms with Gasteiger partial charge in [0.25, 0.3) is 0 Å². The topological polar surface area (TPSA) is 88.7 Å². The normalized spacial score (nSPS) is 24.4. The van der Waals surface area contributed by atoms with E-state index in [9.17, 15) is 9.90 Å². The molecule has 2 heterocycles. The van der Waals surface area contributed by atoms with Crippen LogP contribution in [0.1, 0.15) is 59.4 Å². The van der Waals surface area contributed by atoms with Crippen LogP contribution in [0.15, 0.2) is 28.8 Å². The summed E-state index contributed by atoms with van der Waals surface area (Å²) in [5.41, 5.74) is 1.24. The fraction of sp³-hybridized carbons (Fsp3) is 0.500. The molecular weight excluding hydrogens is 322 g/mol. The minimum atomic E-state index is -0.917. The molecule has 1 aliphatic heterocycles. The van der Waals surface area contributed by atoms with Gasteiger partial charge < -0.3 is 14.4 Å². The summed E-state index contributed by atoms with van der Waals surface area (Å²) in [7, 11) is 0. The quantitative estimate of drug-likeness (QED) is 0.892. The SMILES string of the molecule is C[C@H]1OCCN(Cc2cccc(C(=O)O)c2)[C@@H]1c1nc(C2CC2)no1. The maximum absolute atomic E-state index is 11.2. The second-order valence-electron chi connectivity index (χ2n) is 6.76. The molecule has 25 heavy (non-hydrogen) atoms. The van der Waals surface area contributed by atoms with Gasteiger partial charge in [-0.25, -0.2) is 4.79 Å². The fourth-order valence-electron chi connectivity index (χ4n) is 3.33. The molecule has 0 bridgehead atoms. The largest absolute Gasteiger partial charge is 0.478 e. The highest BCUT2D eigenvalue weighted by Crippen LogP contribution is 2.39. The number of hydrogen-bond acceptors (Lipinski definition) is 6. The zero-order valence-electron chi connectivity index (χ0n) is 14.1. The lowest BCUT2D eigenvalue weighted by atomic mass is 10.1. The minimum absolute atomic E-state index is 0.0658. The summed E-state index contributed by atoms with van der Waals surface area (Å²) in [5.74, 6) is 0.904. The molecule has 0 amide bonds. The van der Waals surface area contributed by atoms with Crippen molar-refractivity contribution in [2.45, 2.75) is 44.4 Å². The van der Waals surface area contributed by atoms with Crippen LogP contribution < -0.4 is 0 Å². The van der Waals surface area contributed by atoms with Gasteiger partial charge in [0, 0.05) is 19.0 Å². The van der Waals surface area contributed by atoms with Crippen molar-refractivity contribution in [1.29, 1.82) is 0 Å². The smallest absolute Gasteiger partial charge is 0.335 e. The number of benzene rings is 1. The van der Waals surface area contributed by atoms with Gasteiger partial charge in [0.1, 0.15) is 6.04 Å². The summed E-state index contributed by atoms with van der Waals surface area (Å²) < 4.78 is 11.3. The molecule has 2 aliphatic rings. The lowest BCUT2D eigenvalue weighted by Gasteiger charge is -2.37. The standard InChI is InChI=1S/C18H21N3O4/c1-11-15(17-19-16(20-25-17)13-5-6-13)21(7-8-24-11)10-12-3-2-4-14(9-12)18(22)23/h2-4,9,11,13,15H,5-8,10H2,1H3,(H,22,23)/t11-,15+/m1/s1. The van der Waals surface area contributed by atoms with E-state index in [-0.39, 0.29) is 12.1 Å². The van der Waals surface area contributed by atoms with Crippen molar-refractivity contribution in [3.8, 4) is 0 Å². The lowest BCUT2D eigenvalue weighted by molar-refractivity contribution is -0.0763. The second-order valence-corrected chi connectivity index (χ2v) is 6.76. The number of rotatable bonds is 5. The number of carboxylic acid groups (broad SMARTS) is 1. The number of aromatic carboxylic acids is 1. The van der Waals surface area contributed by atoms with Crippen molar-refractivity contribution >= 4 is 5.97 Å². The molecule has 1 saturated heterocycles. The van der Waals surface area contributed by atoms with Crippen molar-refractivity contribution < 1.29 is 19.2 Å². The van der Waals surface area contributed by atoms with E-state index >= 15 is 0 Å². The van der Waals surface area contributed by atoms with E-state index in [1.54, 1.807) is 18.2 Å². The molecule has 2 atom stereocenters. The summed E-state index contributed by atoms with van der Waals surface area (Å²) in [6.45, 7) is 3.97. The number of hydrogen-bond donors (Lipinski definition) is 1. The van der Waals surface area contributed by atoms with Crippen molar-refractivity contribution in [2.24, 2.45) is 0 Å². The van der Waals surface area contributed by atoms with E-state index in [4.69, 9.17) is 9.26 Å². The Labute approximate surface area is 145 Å². The average molecular weight is 343 g/mol. The molecule has 132 valence electrons. The van der Waals surface area contributed by atoms with E-state index in [2.05, 4.69) is 15.0 Å². The molecule has 0 unspecified atom stereocenters. The Balaban J connectivity index is 1.57. The predicted molar refractivity (Wildman–Crippen MR) is 88.2 cm³/mol. The van der Waals surface area contributed by atoms with Gasteiger partial charge in [-0.2, -0.15) is 4.98 Å². The molecule has 1 saturated carbocycles. The molecule has 0 radical (unpaired) electrons. The first-order valence-electron chi connectivity index (χ1n) is 8.63. The molecule has 0 spiro atoms. The molecule has 7 nitrogen and oxygen atoms in total. The number of nitrogens with zero attached hydrogens (tertiary/aromatic N) is 3. The zero-order chi connectivity index (χ0) is 17.4. The van der Waals surface area contributed by atoms with Gasteiger partial charge in [-0.15, -0.1) is 0 Å². The summed E-state index contributed by atoms with van der Waals surface area (Å²) in [4.78, 5) is 18.0. The number of carboxylic acids is 1. The third-order valence-electron chi connectivity index (χ3n) is 4.81. The van der Waals surface area contributed by atoms with Gasteiger partial charge in [-0.3, -0.25) is 4.90 Å². The second kappa shape index (κ2) is 6.57. The molecule has 2 aromatic rings. The number of ether oxygens (including phenoxy) is 1. The number of carbonyl (C=O) groups is 1. The van der Waals surface area contributed by atoms with Crippen molar-refractivity contribution in [3.05, 3.63) is 47.1 Å². The highest BCUT2D eigenvalue weighted by Gasteiger charge is 2.37. The van der Waals surface area contributed by atoms with Crippen LogP contribution in [-0.2, 0) is 11.3 Å². The summed E-state index contributed by atoms with van der Waals surface area (Å²) in [5, 5.41) is 13.3. The third-order valence-corrected chi connectivity index (χ3v) is 4.81. The van der Waals surface area contributed by atoms with Gasteiger partial charge in [0.05, 0.1) is 18.3 Å². The van der Waals surface area contributed by atoms with Crippen molar-refractivity contribution in [1.82, 2.24) is 15.0 Å². The molecule has 7 heteroatoms. The summed E-state index contributed by atoms with van der Waals surface area (Å²) in [6.07, 6.45) is 2.19. The Kier molecular flexibility index (Phi) is 4.27. The Morgan fingerprint density at radius 1 is 1.40 bits per heavy atom. The van der Waals surface area contributed by atoms with Crippen LogP contribution in [0.2, 0.25) is 0 Å². The van der Waals surface area contributed by atoms with Crippen LogP contribution in [0.3, 0.4) is 0 Å². The van der Waals surface area contributed by atoms with E-state index in [1.165, 1.54) is 0 Å². The molecular formula is C18H21N3O4. The van der Waals surface area contributed by atoms with Crippen LogP contribution in [0, 0.1) is 0 Å². The Bertz CT molecular complexity index is 771. The average Bonchev–Trinajstić information content (AvgIpc) is 3.34. The maximum atomic E-state index is 11.2. The zero-order valence-corrected chi connectivity index (χ0v) is 14.1. The van der Waals surface area contributed by atoms with E-state index in [0.29, 0.717) is 30.5 Å². The Morgan fingerprint density at radius 3 is 3.00 bits per heavy atom. The number of aromatic nitrogens is 2. The van der Waals surface area contributed by atoms with Crippen LogP contribution >= 0.6 is 0 Å². The molecule has 1 aliphatic carbocycles. The maximum Gasteiger partial charge on any atom is 0.335 e. The third kappa shape index (κ3) is 3.43. The first kappa shape index (κ1) is 16.2.